The van der Waals surface area contributed by atoms with E-state index in [9.17, 15) is 10.1 Å². The first kappa shape index (κ1) is 22.6. The molecular weight excluding hydrogens is 450 g/mol. The minimum atomic E-state index is -0.539. The van der Waals surface area contributed by atoms with Gasteiger partial charge in [0.1, 0.15) is 24.0 Å². The third-order valence-electron chi connectivity index (χ3n) is 5.58. The molecule has 0 aliphatic heterocycles. The van der Waals surface area contributed by atoms with Crippen LogP contribution in [0.15, 0.2) is 107 Å². The van der Waals surface area contributed by atoms with Crippen molar-refractivity contribution < 1.29 is 4.74 Å². The molecule has 36 heavy (non-hydrogen) atoms. The Hall–Kier alpha value is -5.22. The fourth-order valence-corrected chi connectivity index (χ4v) is 3.81. The maximum Gasteiger partial charge on any atom is 0.270 e. The summed E-state index contributed by atoms with van der Waals surface area (Å²) in [5, 5.41) is 16.0. The Morgan fingerprint density at radius 3 is 2.53 bits per heavy atom. The molecule has 0 saturated heterocycles. The molecule has 7 heteroatoms. The molecule has 0 saturated carbocycles. The number of hydrogen-bond donors (Lipinski definition) is 2. The molecule has 174 valence electrons. The highest BCUT2D eigenvalue weighted by molar-refractivity contribution is 5.84. The first-order chi connectivity index (χ1) is 17.7. The van der Waals surface area contributed by atoms with Gasteiger partial charge in [0, 0.05) is 11.1 Å². The molecule has 0 atom stereocenters. The zero-order valence-corrected chi connectivity index (χ0v) is 19.2. The monoisotopic (exact) mass is 471 g/mol. The van der Waals surface area contributed by atoms with E-state index in [1.165, 1.54) is 5.39 Å². The number of nitrogens with one attached hydrogen (secondary N) is 2. The van der Waals surface area contributed by atoms with Gasteiger partial charge in [-0.2, -0.15) is 10.4 Å². The van der Waals surface area contributed by atoms with E-state index in [-0.39, 0.29) is 11.5 Å². The van der Waals surface area contributed by atoms with Gasteiger partial charge in [0.2, 0.25) is 5.95 Å². The second-order valence-electron chi connectivity index (χ2n) is 7.99. The first-order valence-corrected chi connectivity index (χ1v) is 11.3. The Bertz CT molecular complexity index is 1650. The molecule has 0 spiro atoms. The predicted molar refractivity (Wildman–Crippen MR) is 141 cm³/mol. The Morgan fingerprint density at radius 1 is 0.944 bits per heavy atom. The van der Waals surface area contributed by atoms with Gasteiger partial charge in [-0.1, -0.05) is 78.9 Å². The number of nitrogens with zero attached hydrogens (tertiary/aromatic N) is 3. The van der Waals surface area contributed by atoms with Gasteiger partial charge in [-0.15, -0.1) is 0 Å². The Balaban J connectivity index is 1.33. The summed E-state index contributed by atoms with van der Waals surface area (Å²) in [4.78, 5) is 19.4. The van der Waals surface area contributed by atoms with E-state index < -0.39 is 5.56 Å². The number of para-hydroxylation sites is 1. The largest absolute Gasteiger partial charge is 0.488 e. The van der Waals surface area contributed by atoms with Gasteiger partial charge in [0.25, 0.3) is 5.56 Å². The standard InChI is InChI=1S/C29H21N5O2/c30-17-25-27(22-9-2-1-3-10-22)32-29(33-28(25)35)34-31-18-24-12-6-7-13-26(24)36-19-20-14-15-21-8-4-5-11-23(21)16-20/h1-16,18H,19H2,(H2,32,33,34,35). The van der Waals surface area contributed by atoms with E-state index in [1.807, 2.05) is 60.7 Å². The molecule has 4 aromatic carbocycles. The van der Waals surface area contributed by atoms with Gasteiger partial charge in [-0.25, -0.2) is 10.4 Å². The SMILES string of the molecule is N#Cc1c(-c2ccccc2)nc(NN=Cc2ccccc2OCc2ccc3ccccc3c2)[nH]c1=O. The molecule has 5 aromatic rings. The van der Waals surface area contributed by atoms with Crippen molar-refractivity contribution in [3.05, 3.63) is 124 Å². The van der Waals surface area contributed by atoms with Gasteiger partial charge < -0.3 is 4.74 Å². The van der Waals surface area contributed by atoms with Crippen LogP contribution in [0.2, 0.25) is 0 Å². The van der Waals surface area contributed by atoms with Crippen molar-refractivity contribution in [1.29, 1.82) is 5.26 Å². The van der Waals surface area contributed by atoms with Crippen molar-refractivity contribution in [1.82, 2.24) is 9.97 Å². The molecule has 1 heterocycles. The van der Waals surface area contributed by atoms with Crippen molar-refractivity contribution in [3.8, 4) is 23.1 Å². The maximum absolute atomic E-state index is 12.4. The van der Waals surface area contributed by atoms with Crippen LogP contribution >= 0.6 is 0 Å². The van der Waals surface area contributed by atoms with Crippen LogP contribution in [0, 0.1) is 11.3 Å². The molecule has 0 aliphatic rings. The maximum atomic E-state index is 12.4. The molecular formula is C29H21N5O2. The van der Waals surface area contributed by atoms with Crippen LogP contribution < -0.4 is 15.7 Å². The van der Waals surface area contributed by atoms with Crippen LogP contribution in [0.1, 0.15) is 16.7 Å². The minimum absolute atomic E-state index is 0.0526. The molecule has 5 rings (SSSR count). The first-order valence-electron chi connectivity index (χ1n) is 11.3. The number of anilines is 1. The highest BCUT2D eigenvalue weighted by Crippen LogP contribution is 2.21. The second kappa shape index (κ2) is 10.4. The number of hydrazone groups is 1. The van der Waals surface area contributed by atoms with Crippen molar-refractivity contribution in [2.45, 2.75) is 6.61 Å². The molecule has 0 bridgehead atoms. The summed E-state index contributed by atoms with van der Waals surface area (Å²) < 4.78 is 6.07. The third kappa shape index (κ3) is 4.98. The van der Waals surface area contributed by atoms with Crippen LogP contribution in [0.5, 0.6) is 5.75 Å². The van der Waals surface area contributed by atoms with Crippen molar-refractivity contribution >= 4 is 22.9 Å². The molecule has 7 nitrogen and oxygen atoms in total. The van der Waals surface area contributed by atoms with Crippen molar-refractivity contribution in [2.24, 2.45) is 5.10 Å². The highest BCUT2D eigenvalue weighted by Gasteiger charge is 2.13. The molecule has 0 aliphatic carbocycles. The van der Waals surface area contributed by atoms with E-state index in [0.29, 0.717) is 23.6 Å². The molecule has 0 unspecified atom stereocenters. The van der Waals surface area contributed by atoms with Gasteiger partial charge in [0.05, 0.1) is 11.9 Å². The van der Waals surface area contributed by atoms with E-state index in [1.54, 1.807) is 18.3 Å². The average Bonchev–Trinajstić information content (AvgIpc) is 2.92. The lowest BCUT2D eigenvalue weighted by Crippen LogP contribution is -2.16. The van der Waals surface area contributed by atoms with E-state index in [2.05, 4.69) is 50.8 Å². The smallest absolute Gasteiger partial charge is 0.270 e. The third-order valence-corrected chi connectivity index (χ3v) is 5.58. The number of aromatic amines is 1. The number of ether oxygens (including phenoxy) is 1. The van der Waals surface area contributed by atoms with Crippen LogP contribution in [0.25, 0.3) is 22.0 Å². The quantitative estimate of drug-likeness (QED) is 0.241. The van der Waals surface area contributed by atoms with E-state index >= 15 is 0 Å². The fraction of sp³-hybridized carbons (Fsp3) is 0.0345. The summed E-state index contributed by atoms with van der Waals surface area (Å²) in [6.45, 7) is 0.411. The van der Waals surface area contributed by atoms with E-state index in [0.717, 1.165) is 16.5 Å². The van der Waals surface area contributed by atoms with Crippen LogP contribution in [0.3, 0.4) is 0 Å². The summed E-state index contributed by atoms with van der Waals surface area (Å²) in [6.07, 6.45) is 1.59. The van der Waals surface area contributed by atoms with Crippen LogP contribution in [-0.2, 0) is 6.61 Å². The summed E-state index contributed by atoms with van der Waals surface area (Å²) in [7, 11) is 0. The van der Waals surface area contributed by atoms with Crippen molar-refractivity contribution in [2.75, 3.05) is 5.43 Å². The second-order valence-corrected chi connectivity index (χ2v) is 7.99. The Labute approximate surface area is 207 Å². The normalized spacial score (nSPS) is 10.9. The Kier molecular flexibility index (Phi) is 6.50. The number of aromatic nitrogens is 2. The summed E-state index contributed by atoms with van der Waals surface area (Å²) in [5.74, 6) is 0.797. The topological polar surface area (TPSA) is 103 Å². The fourth-order valence-electron chi connectivity index (χ4n) is 3.81. The molecule has 0 amide bonds. The number of fused-ring (bicyclic) bond motifs is 1. The summed E-state index contributed by atoms with van der Waals surface area (Å²) >= 11 is 0. The molecule has 0 fully saturated rings. The molecule has 2 N–H and O–H groups in total. The summed E-state index contributed by atoms with van der Waals surface area (Å²) in [6, 6.07) is 33.0. The van der Waals surface area contributed by atoms with Crippen molar-refractivity contribution in [3.63, 3.8) is 0 Å². The van der Waals surface area contributed by atoms with Gasteiger partial charge >= 0.3 is 0 Å². The zero-order valence-electron chi connectivity index (χ0n) is 19.2. The number of hydrogen-bond acceptors (Lipinski definition) is 6. The van der Waals surface area contributed by atoms with E-state index in [4.69, 9.17) is 4.74 Å². The van der Waals surface area contributed by atoms with Crippen LogP contribution in [-0.4, -0.2) is 16.2 Å². The predicted octanol–water partition coefficient (Wildman–Crippen LogP) is 5.49. The Morgan fingerprint density at radius 2 is 1.69 bits per heavy atom. The molecule has 0 radical (unpaired) electrons. The minimum Gasteiger partial charge on any atom is -0.488 e. The average molecular weight is 472 g/mol. The number of rotatable bonds is 7. The lowest BCUT2D eigenvalue weighted by molar-refractivity contribution is 0.306. The van der Waals surface area contributed by atoms with Crippen LogP contribution in [0.4, 0.5) is 5.95 Å². The number of nitriles is 1. The van der Waals surface area contributed by atoms with Gasteiger partial charge in [0.15, 0.2) is 0 Å². The summed E-state index contributed by atoms with van der Waals surface area (Å²) in [5.41, 5.74) is 4.94. The highest BCUT2D eigenvalue weighted by atomic mass is 16.5. The number of H-pyrrole nitrogens is 1. The van der Waals surface area contributed by atoms with Gasteiger partial charge in [-0.05, 0) is 34.5 Å². The lowest BCUT2D eigenvalue weighted by Gasteiger charge is -2.10. The number of benzene rings is 4. The van der Waals surface area contributed by atoms with Gasteiger partial charge in [-0.3, -0.25) is 9.78 Å². The zero-order chi connectivity index (χ0) is 24.7. The lowest BCUT2D eigenvalue weighted by atomic mass is 10.1. The molecule has 1 aromatic heterocycles.